The predicted molar refractivity (Wildman–Crippen MR) is 124 cm³/mol. The van der Waals surface area contributed by atoms with Gasteiger partial charge in [-0.15, -0.1) is 0 Å². The number of hydrogen-bond donors (Lipinski definition) is 1. The Morgan fingerprint density at radius 2 is 1.61 bits per heavy atom. The van der Waals surface area contributed by atoms with Crippen molar-refractivity contribution in [2.75, 3.05) is 26.9 Å². The van der Waals surface area contributed by atoms with Crippen molar-refractivity contribution in [2.24, 2.45) is 0 Å². The topological polar surface area (TPSA) is 56.8 Å². The number of methoxy groups -OCH3 is 1. The van der Waals surface area contributed by atoms with Gasteiger partial charge < -0.3 is 19.5 Å². The normalized spacial score (nSPS) is 11.7. The van der Waals surface area contributed by atoms with Gasteiger partial charge in [0.05, 0.1) is 26.2 Å². The molecule has 164 valence electrons. The van der Waals surface area contributed by atoms with E-state index in [1.807, 2.05) is 69.3 Å². The quantitative estimate of drug-likeness (QED) is 0.494. The van der Waals surface area contributed by atoms with Crippen LogP contribution in [0.5, 0.6) is 17.2 Å². The molecule has 0 bridgehead atoms. The van der Waals surface area contributed by atoms with Gasteiger partial charge in [0.15, 0.2) is 11.5 Å². The van der Waals surface area contributed by atoms with Crippen molar-refractivity contribution in [3.8, 4) is 17.2 Å². The average molecular weight is 422 g/mol. The molecule has 3 aromatic rings. The molecule has 0 fully saturated rings. The van der Waals surface area contributed by atoms with Gasteiger partial charge in [0.2, 0.25) is 5.91 Å². The molecule has 0 saturated carbocycles. The van der Waals surface area contributed by atoms with Crippen molar-refractivity contribution < 1.29 is 19.0 Å². The van der Waals surface area contributed by atoms with E-state index in [9.17, 15) is 4.79 Å². The molecule has 0 heterocycles. The SMILES string of the molecule is CCOc1ccc(CCNC(=O)[C@@H](C)c2ccc3cc(OC)ccc3c2)cc1OCC. The molecule has 0 radical (unpaired) electrons. The molecule has 1 N–H and O–H groups in total. The minimum Gasteiger partial charge on any atom is -0.497 e. The minimum absolute atomic E-state index is 0.0174. The Balaban J connectivity index is 1.60. The summed E-state index contributed by atoms with van der Waals surface area (Å²) >= 11 is 0. The van der Waals surface area contributed by atoms with Gasteiger partial charge in [-0.25, -0.2) is 0 Å². The summed E-state index contributed by atoms with van der Waals surface area (Å²) < 4.78 is 16.6. The fourth-order valence-electron chi connectivity index (χ4n) is 3.52. The maximum Gasteiger partial charge on any atom is 0.227 e. The lowest BCUT2D eigenvalue weighted by atomic mass is 9.97. The third-order valence-electron chi connectivity index (χ3n) is 5.29. The molecule has 31 heavy (non-hydrogen) atoms. The summed E-state index contributed by atoms with van der Waals surface area (Å²) in [4.78, 5) is 12.7. The summed E-state index contributed by atoms with van der Waals surface area (Å²) in [5.74, 6) is 2.11. The van der Waals surface area contributed by atoms with E-state index < -0.39 is 0 Å². The molecule has 5 nitrogen and oxygen atoms in total. The summed E-state index contributed by atoms with van der Waals surface area (Å²) in [5.41, 5.74) is 2.09. The van der Waals surface area contributed by atoms with E-state index in [1.54, 1.807) is 7.11 Å². The number of rotatable bonds is 10. The molecular formula is C26H31NO4. The number of amides is 1. The second kappa shape index (κ2) is 10.7. The van der Waals surface area contributed by atoms with Crippen molar-refractivity contribution in [1.82, 2.24) is 5.32 Å². The van der Waals surface area contributed by atoms with Gasteiger partial charge in [-0.2, -0.15) is 0 Å². The first-order valence-corrected chi connectivity index (χ1v) is 10.8. The third-order valence-corrected chi connectivity index (χ3v) is 5.29. The Labute approximate surface area is 184 Å². The van der Waals surface area contributed by atoms with Gasteiger partial charge in [-0.05, 0) is 73.4 Å². The second-order valence-corrected chi connectivity index (χ2v) is 7.38. The van der Waals surface area contributed by atoms with Crippen LogP contribution in [-0.2, 0) is 11.2 Å². The number of hydrogen-bond acceptors (Lipinski definition) is 4. The highest BCUT2D eigenvalue weighted by Crippen LogP contribution is 2.29. The summed E-state index contributed by atoms with van der Waals surface area (Å²) in [6.07, 6.45) is 0.725. The molecule has 0 aliphatic heterocycles. The maximum atomic E-state index is 12.7. The number of carbonyl (C=O) groups excluding carboxylic acids is 1. The number of nitrogens with one attached hydrogen (secondary N) is 1. The summed E-state index contributed by atoms with van der Waals surface area (Å²) in [6, 6.07) is 18.0. The van der Waals surface area contributed by atoms with Crippen molar-refractivity contribution in [3.05, 3.63) is 65.7 Å². The van der Waals surface area contributed by atoms with Crippen molar-refractivity contribution in [3.63, 3.8) is 0 Å². The van der Waals surface area contributed by atoms with E-state index in [1.165, 1.54) is 0 Å². The van der Waals surface area contributed by atoms with Crippen LogP contribution >= 0.6 is 0 Å². The third kappa shape index (κ3) is 5.69. The fraction of sp³-hybridized carbons (Fsp3) is 0.346. The van der Waals surface area contributed by atoms with Crippen molar-refractivity contribution >= 4 is 16.7 Å². The fourth-order valence-corrected chi connectivity index (χ4v) is 3.52. The number of benzene rings is 3. The van der Waals surface area contributed by atoms with Crippen LogP contribution in [0.25, 0.3) is 10.8 Å². The standard InChI is InChI=1S/C26H31NO4/c1-5-30-24-12-7-19(15-25(24)31-6-2)13-14-27-26(28)18(3)20-8-9-22-17-23(29-4)11-10-21(22)16-20/h7-12,15-18H,5-6,13-14H2,1-4H3,(H,27,28)/t18-/m0/s1. The van der Waals surface area contributed by atoms with Gasteiger partial charge in [0.25, 0.3) is 0 Å². The molecular weight excluding hydrogens is 390 g/mol. The molecule has 0 aliphatic carbocycles. The van der Waals surface area contributed by atoms with Gasteiger partial charge in [-0.1, -0.05) is 30.3 Å². The molecule has 3 rings (SSSR count). The van der Waals surface area contributed by atoms with Crippen LogP contribution in [0.1, 0.15) is 37.8 Å². The maximum absolute atomic E-state index is 12.7. The predicted octanol–water partition coefficient (Wildman–Crippen LogP) is 5.11. The molecule has 0 aromatic heterocycles. The molecule has 1 amide bonds. The average Bonchev–Trinajstić information content (AvgIpc) is 2.79. The van der Waals surface area contributed by atoms with E-state index in [2.05, 4.69) is 11.4 Å². The summed E-state index contributed by atoms with van der Waals surface area (Å²) in [6.45, 7) is 7.57. The van der Waals surface area contributed by atoms with Gasteiger partial charge in [0, 0.05) is 6.54 Å². The van der Waals surface area contributed by atoms with Crippen LogP contribution in [0.15, 0.2) is 54.6 Å². The second-order valence-electron chi connectivity index (χ2n) is 7.38. The van der Waals surface area contributed by atoms with Crippen LogP contribution in [0.2, 0.25) is 0 Å². The van der Waals surface area contributed by atoms with E-state index in [0.717, 1.165) is 45.6 Å². The highest BCUT2D eigenvalue weighted by molar-refractivity contribution is 5.88. The molecule has 0 spiro atoms. The first kappa shape index (κ1) is 22.5. The van der Waals surface area contributed by atoms with Crippen LogP contribution in [0.4, 0.5) is 0 Å². The highest BCUT2D eigenvalue weighted by Gasteiger charge is 2.15. The van der Waals surface area contributed by atoms with Crippen molar-refractivity contribution in [2.45, 2.75) is 33.1 Å². The lowest BCUT2D eigenvalue weighted by molar-refractivity contribution is -0.122. The van der Waals surface area contributed by atoms with Crippen LogP contribution < -0.4 is 19.5 Å². The number of ether oxygens (including phenoxy) is 3. The zero-order valence-electron chi connectivity index (χ0n) is 18.7. The molecule has 5 heteroatoms. The largest absolute Gasteiger partial charge is 0.497 e. The molecule has 0 unspecified atom stereocenters. The number of carbonyl (C=O) groups is 1. The smallest absolute Gasteiger partial charge is 0.227 e. The molecule has 0 saturated heterocycles. The first-order valence-electron chi connectivity index (χ1n) is 10.8. The Morgan fingerprint density at radius 3 is 2.35 bits per heavy atom. The monoisotopic (exact) mass is 421 g/mol. The van der Waals surface area contributed by atoms with E-state index in [0.29, 0.717) is 19.8 Å². The van der Waals surface area contributed by atoms with E-state index >= 15 is 0 Å². The first-order chi connectivity index (χ1) is 15.0. The van der Waals surface area contributed by atoms with Gasteiger partial charge in [0.1, 0.15) is 5.75 Å². The van der Waals surface area contributed by atoms with E-state index in [4.69, 9.17) is 14.2 Å². The zero-order chi connectivity index (χ0) is 22.2. The number of fused-ring (bicyclic) bond motifs is 1. The highest BCUT2D eigenvalue weighted by atomic mass is 16.5. The van der Waals surface area contributed by atoms with E-state index in [-0.39, 0.29) is 11.8 Å². The molecule has 3 aromatic carbocycles. The lowest BCUT2D eigenvalue weighted by Crippen LogP contribution is -2.29. The Morgan fingerprint density at radius 1 is 0.903 bits per heavy atom. The Bertz CT molecular complexity index is 1030. The summed E-state index contributed by atoms with van der Waals surface area (Å²) in [5, 5.41) is 5.24. The summed E-state index contributed by atoms with van der Waals surface area (Å²) in [7, 11) is 1.66. The van der Waals surface area contributed by atoms with Gasteiger partial charge in [-0.3, -0.25) is 4.79 Å². The van der Waals surface area contributed by atoms with Gasteiger partial charge >= 0.3 is 0 Å². The van der Waals surface area contributed by atoms with Crippen LogP contribution in [0, 0.1) is 0 Å². The zero-order valence-corrected chi connectivity index (χ0v) is 18.7. The minimum atomic E-state index is -0.231. The van der Waals surface area contributed by atoms with Crippen LogP contribution in [-0.4, -0.2) is 32.8 Å². The van der Waals surface area contributed by atoms with Crippen molar-refractivity contribution in [1.29, 1.82) is 0 Å². The lowest BCUT2D eigenvalue weighted by Gasteiger charge is -2.15. The molecule has 0 aliphatic rings. The van der Waals surface area contributed by atoms with Crippen LogP contribution in [0.3, 0.4) is 0 Å². The Hall–Kier alpha value is -3.21. The Kier molecular flexibility index (Phi) is 7.76. The molecule has 1 atom stereocenters.